The number of amides is 2. The molecule has 2 amide bonds. The van der Waals surface area contributed by atoms with Gasteiger partial charge in [0.25, 0.3) is 5.91 Å². The van der Waals surface area contributed by atoms with E-state index in [1.807, 2.05) is 0 Å². The number of alkyl halides is 2. The van der Waals surface area contributed by atoms with Crippen LogP contribution in [0.15, 0.2) is 24.3 Å². The van der Waals surface area contributed by atoms with Crippen LogP contribution in [0.3, 0.4) is 0 Å². The molecule has 1 rings (SSSR count). The average molecular weight is 372 g/mol. The highest BCUT2D eigenvalue weighted by Crippen LogP contribution is 2.18. The quantitative estimate of drug-likeness (QED) is 0.612. The fourth-order valence-corrected chi connectivity index (χ4v) is 2.25. The van der Waals surface area contributed by atoms with E-state index in [1.54, 1.807) is 32.0 Å². The highest BCUT2D eigenvalue weighted by atomic mass is 19.3. The van der Waals surface area contributed by atoms with E-state index in [1.165, 1.54) is 13.2 Å². The Balaban J connectivity index is 2.92. The SMILES string of the molecule is COc1ccccc1C(=O)NC(C(=O)NC(CC(F)F)C(=O)O)C(C)C. The van der Waals surface area contributed by atoms with Gasteiger partial charge in [0.2, 0.25) is 12.3 Å². The van der Waals surface area contributed by atoms with Gasteiger partial charge in [-0.05, 0) is 18.1 Å². The van der Waals surface area contributed by atoms with Gasteiger partial charge in [0.05, 0.1) is 12.7 Å². The van der Waals surface area contributed by atoms with Crippen LogP contribution in [0.4, 0.5) is 8.78 Å². The third-order valence-electron chi connectivity index (χ3n) is 3.62. The number of benzene rings is 1. The van der Waals surface area contributed by atoms with Crippen molar-refractivity contribution in [3.63, 3.8) is 0 Å². The molecular weight excluding hydrogens is 350 g/mol. The topological polar surface area (TPSA) is 105 Å². The molecule has 2 unspecified atom stereocenters. The Morgan fingerprint density at radius 2 is 1.77 bits per heavy atom. The Hall–Kier alpha value is -2.71. The van der Waals surface area contributed by atoms with Gasteiger partial charge in [-0.1, -0.05) is 26.0 Å². The molecule has 1 aromatic rings. The largest absolute Gasteiger partial charge is 0.496 e. The number of hydrogen-bond donors (Lipinski definition) is 3. The van der Waals surface area contributed by atoms with Gasteiger partial charge in [-0.3, -0.25) is 9.59 Å². The Bertz CT molecular complexity index is 652. The predicted octanol–water partition coefficient (Wildman–Crippen LogP) is 1.67. The number of carbonyl (C=O) groups excluding carboxylic acids is 2. The molecular formula is C17H22F2N2O5. The molecule has 0 aliphatic heterocycles. The number of methoxy groups -OCH3 is 1. The third kappa shape index (κ3) is 5.98. The highest BCUT2D eigenvalue weighted by Gasteiger charge is 2.30. The molecule has 9 heteroatoms. The van der Waals surface area contributed by atoms with Gasteiger partial charge in [-0.2, -0.15) is 0 Å². The van der Waals surface area contributed by atoms with Crippen LogP contribution in [0, 0.1) is 5.92 Å². The Morgan fingerprint density at radius 1 is 1.15 bits per heavy atom. The molecule has 0 bridgehead atoms. The van der Waals surface area contributed by atoms with E-state index in [4.69, 9.17) is 9.84 Å². The molecule has 0 heterocycles. The summed E-state index contributed by atoms with van der Waals surface area (Å²) in [6.45, 7) is 3.27. The van der Waals surface area contributed by atoms with E-state index in [-0.39, 0.29) is 5.56 Å². The van der Waals surface area contributed by atoms with E-state index in [0.717, 1.165) is 0 Å². The lowest BCUT2D eigenvalue weighted by Gasteiger charge is -2.24. The minimum atomic E-state index is -2.89. The second-order valence-electron chi connectivity index (χ2n) is 5.92. The number of rotatable bonds is 9. The first-order valence-corrected chi connectivity index (χ1v) is 7.92. The van der Waals surface area contributed by atoms with Gasteiger partial charge >= 0.3 is 5.97 Å². The van der Waals surface area contributed by atoms with Crippen LogP contribution >= 0.6 is 0 Å². The van der Waals surface area contributed by atoms with Crippen molar-refractivity contribution in [2.24, 2.45) is 5.92 Å². The number of nitrogens with one attached hydrogen (secondary N) is 2. The molecule has 26 heavy (non-hydrogen) atoms. The predicted molar refractivity (Wildman–Crippen MR) is 89.3 cm³/mol. The van der Waals surface area contributed by atoms with E-state index in [0.29, 0.717) is 5.75 Å². The molecule has 0 aliphatic carbocycles. The summed E-state index contributed by atoms with van der Waals surface area (Å²) in [7, 11) is 1.39. The monoisotopic (exact) mass is 372 g/mol. The Kier molecular flexibility index (Phi) is 7.95. The lowest BCUT2D eigenvalue weighted by Crippen LogP contribution is -2.54. The van der Waals surface area contributed by atoms with Crippen LogP contribution in [0.1, 0.15) is 30.6 Å². The first-order chi connectivity index (χ1) is 12.2. The maximum Gasteiger partial charge on any atom is 0.326 e. The Labute approximate surface area is 149 Å². The number of ether oxygens (including phenoxy) is 1. The first kappa shape index (κ1) is 21.3. The maximum absolute atomic E-state index is 12.5. The van der Waals surface area contributed by atoms with Gasteiger partial charge in [-0.15, -0.1) is 0 Å². The van der Waals surface area contributed by atoms with Crippen molar-refractivity contribution >= 4 is 17.8 Å². The van der Waals surface area contributed by atoms with Crippen LogP contribution in [0.25, 0.3) is 0 Å². The molecule has 0 saturated heterocycles. The summed E-state index contributed by atoms with van der Waals surface area (Å²) in [6, 6.07) is 3.51. The zero-order valence-corrected chi connectivity index (χ0v) is 14.7. The van der Waals surface area contributed by atoms with Crippen molar-refractivity contribution in [2.75, 3.05) is 7.11 Å². The van der Waals surface area contributed by atoms with Gasteiger partial charge < -0.3 is 20.5 Å². The van der Waals surface area contributed by atoms with Gasteiger partial charge in [0.1, 0.15) is 17.8 Å². The normalized spacial score (nSPS) is 13.2. The summed E-state index contributed by atoms with van der Waals surface area (Å²) in [5.74, 6) is -3.13. The fraction of sp³-hybridized carbons (Fsp3) is 0.471. The zero-order valence-electron chi connectivity index (χ0n) is 14.7. The minimum absolute atomic E-state index is 0.191. The molecule has 7 nitrogen and oxygen atoms in total. The van der Waals surface area contributed by atoms with Crippen molar-refractivity contribution < 1.29 is 33.0 Å². The molecule has 144 valence electrons. The number of carboxylic acid groups (broad SMARTS) is 1. The van der Waals surface area contributed by atoms with Crippen LogP contribution in [0.2, 0.25) is 0 Å². The summed E-state index contributed by atoms with van der Waals surface area (Å²) >= 11 is 0. The molecule has 2 atom stereocenters. The van der Waals surface area contributed by atoms with Crippen LogP contribution in [-0.4, -0.2) is 48.5 Å². The number of aliphatic carboxylic acids is 1. The maximum atomic E-state index is 12.5. The van der Waals surface area contributed by atoms with E-state index >= 15 is 0 Å². The molecule has 0 aliphatic rings. The summed E-state index contributed by atoms with van der Waals surface area (Å²) in [5.41, 5.74) is 0.191. The number of hydrogen-bond acceptors (Lipinski definition) is 4. The number of carbonyl (C=O) groups is 3. The van der Waals surface area contributed by atoms with Crippen LogP contribution in [-0.2, 0) is 9.59 Å². The van der Waals surface area contributed by atoms with Crippen molar-refractivity contribution in [1.82, 2.24) is 10.6 Å². The molecule has 0 fully saturated rings. The Morgan fingerprint density at radius 3 is 2.27 bits per heavy atom. The number of carboxylic acids is 1. The number of halogens is 2. The van der Waals surface area contributed by atoms with Crippen LogP contribution < -0.4 is 15.4 Å². The molecule has 3 N–H and O–H groups in total. The van der Waals surface area contributed by atoms with Crippen molar-refractivity contribution in [3.8, 4) is 5.75 Å². The fourth-order valence-electron chi connectivity index (χ4n) is 2.25. The second-order valence-corrected chi connectivity index (χ2v) is 5.92. The lowest BCUT2D eigenvalue weighted by atomic mass is 10.0. The minimum Gasteiger partial charge on any atom is -0.496 e. The first-order valence-electron chi connectivity index (χ1n) is 7.92. The van der Waals surface area contributed by atoms with Crippen LogP contribution in [0.5, 0.6) is 5.75 Å². The molecule has 1 aromatic carbocycles. The van der Waals surface area contributed by atoms with E-state index < -0.39 is 48.6 Å². The zero-order chi connectivity index (χ0) is 19.9. The summed E-state index contributed by atoms with van der Waals surface area (Å²) in [4.78, 5) is 35.8. The van der Waals surface area contributed by atoms with E-state index in [2.05, 4.69) is 10.6 Å². The standard InChI is InChI=1S/C17H22F2N2O5/c1-9(2)14(16(23)20-11(17(24)25)8-13(18)19)21-15(22)10-6-4-5-7-12(10)26-3/h4-7,9,11,13-14H,8H2,1-3H3,(H,20,23)(H,21,22)(H,24,25). The third-order valence-corrected chi connectivity index (χ3v) is 3.62. The van der Waals surface area contributed by atoms with Crippen molar-refractivity contribution in [3.05, 3.63) is 29.8 Å². The van der Waals surface area contributed by atoms with E-state index in [9.17, 15) is 23.2 Å². The van der Waals surface area contributed by atoms with Gasteiger partial charge in [-0.25, -0.2) is 13.6 Å². The van der Waals surface area contributed by atoms with Gasteiger partial charge in [0, 0.05) is 6.42 Å². The van der Waals surface area contributed by atoms with Gasteiger partial charge in [0.15, 0.2) is 0 Å². The average Bonchev–Trinajstić information content (AvgIpc) is 2.57. The van der Waals surface area contributed by atoms with Crippen molar-refractivity contribution in [2.45, 2.75) is 38.8 Å². The molecule has 0 aromatic heterocycles. The summed E-state index contributed by atoms with van der Waals surface area (Å²) in [5, 5.41) is 13.5. The molecule has 0 spiro atoms. The summed E-state index contributed by atoms with van der Waals surface area (Å²) < 4.78 is 30.0. The number of para-hydroxylation sites is 1. The second kappa shape index (κ2) is 9.69. The lowest BCUT2D eigenvalue weighted by molar-refractivity contribution is -0.143. The van der Waals surface area contributed by atoms with Crippen molar-refractivity contribution in [1.29, 1.82) is 0 Å². The smallest absolute Gasteiger partial charge is 0.326 e. The molecule has 0 radical (unpaired) electrons. The highest BCUT2D eigenvalue weighted by molar-refractivity contribution is 6.00. The molecule has 0 saturated carbocycles. The summed E-state index contributed by atoms with van der Waals surface area (Å²) in [6.07, 6.45) is -3.91.